The topological polar surface area (TPSA) is 38.3 Å². The fraction of sp³-hybridized carbons (Fsp3) is 0.533. The zero-order chi connectivity index (χ0) is 13.5. The van der Waals surface area contributed by atoms with E-state index in [4.69, 9.17) is 4.74 Å². The Morgan fingerprint density at radius 1 is 1.44 bits per heavy atom. The van der Waals surface area contributed by atoms with E-state index >= 15 is 0 Å². The number of carbonyl (C=O) groups is 1. The Balaban J connectivity index is 2.80. The van der Waals surface area contributed by atoms with E-state index in [0.717, 1.165) is 17.7 Å². The van der Waals surface area contributed by atoms with E-state index in [1.807, 2.05) is 19.1 Å². The van der Waals surface area contributed by atoms with E-state index in [-0.39, 0.29) is 5.97 Å². The number of rotatable bonds is 6. The Hall–Kier alpha value is -1.51. The number of nitrogens with one attached hydrogen (secondary N) is 1. The predicted octanol–water partition coefficient (Wildman–Crippen LogP) is 3.77. The molecule has 3 nitrogen and oxygen atoms in total. The molecule has 0 saturated carbocycles. The van der Waals surface area contributed by atoms with Crippen LogP contribution in [0.2, 0.25) is 0 Å². The first-order valence-corrected chi connectivity index (χ1v) is 6.54. The van der Waals surface area contributed by atoms with Gasteiger partial charge in [0.1, 0.15) is 0 Å². The number of esters is 1. The van der Waals surface area contributed by atoms with Gasteiger partial charge in [-0.1, -0.05) is 25.8 Å². The molecule has 18 heavy (non-hydrogen) atoms. The van der Waals surface area contributed by atoms with Crippen molar-refractivity contribution < 1.29 is 9.53 Å². The summed E-state index contributed by atoms with van der Waals surface area (Å²) in [5, 5.41) is 3.46. The minimum atomic E-state index is -0.280. The molecule has 1 aromatic carbocycles. The van der Waals surface area contributed by atoms with Crippen molar-refractivity contribution in [3.63, 3.8) is 0 Å². The van der Waals surface area contributed by atoms with Crippen LogP contribution in [0.25, 0.3) is 0 Å². The summed E-state index contributed by atoms with van der Waals surface area (Å²) < 4.78 is 4.78. The molecule has 100 valence electrons. The van der Waals surface area contributed by atoms with E-state index in [2.05, 4.69) is 19.2 Å². The monoisotopic (exact) mass is 249 g/mol. The molecular formula is C15H23NO2. The summed E-state index contributed by atoms with van der Waals surface area (Å²) in [6.45, 7) is 6.30. The highest BCUT2D eigenvalue weighted by molar-refractivity contribution is 5.92. The van der Waals surface area contributed by atoms with Crippen LogP contribution >= 0.6 is 0 Å². The summed E-state index contributed by atoms with van der Waals surface area (Å²) in [5.74, 6) is -0.280. The fourth-order valence-electron chi connectivity index (χ4n) is 1.97. The highest BCUT2D eigenvalue weighted by Crippen LogP contribution is 2.21. The molecule has 1 unspecified atom stereocenters. The molecule has 1 atom stereocenters. The van der Waals surface area contributed by atoms with Crippen molar-refractivity contribution in [2.75, 3.05) is 12.4 Å². The summed E-state index contributed by atoms with van der Waals surface area (Å²) in [5.41, 5.74) is 2.60. The van der Waals surface area contributed by atoms with Crippen LogP contribution in [0, 0.1) is 6.92 Å². The van der Waals surface area contributed by atoms with E-state index in [0.29, 0.717) is 11.6 Å². The number of benzene rings is 1. The molecule has 0 amide bonds. The van der Waals surface area contributed by atoms with Gasteiger partial charge in [-0.15, -0.1) is 0 Å². The fourth-order valence-corrected chi connectivity index (χ4v) is 1.97. The van der Waals surface area contributed by atoms with E-state index in [9.17, 15) is 4.79 Å². The van der Waals surface area contributed by atoms with E-state index < -0.39 is 0 Å². The maximum absolute atomic E-state index is 11.6. The number of ether oxygens (including phenoxy) is 1. The lowest BCUT2D eigenvalue weighted by Gasteiger charge is -2.18. The molecule has 0 aliphatic heterocycles. The summed E-state index contributed by atoms with van der Waals surface area (Å²) in [6.07, 6.45) is 3.55. The van der Waals surface area contributed by atoms with Crippen molar-refractivity contribution in [3.8, 4) is 0 Å². The van der Waals surface area contributed by atoms with Crippen LogP contribution in [-0.4, -0.2) is 19.1 Å². The molecular weight excluding hydrogens is 226 g/mol. The Bertz CT molecular complexity index is 401. The Morgan fingerprint density at radius 2 is 2.17 bits per heavy atom. The molecule has 0 fully saturated rings. The van der Waals surface area contributed by atoms with Crippen molar-refractivity contribution in [1.29, 1.82) is 0 Å². The van der Waals surface area contributed by atoms with Crippen LogP contribution in [0.15, 0.2) is 18.2 Å². The van der Waals surface area contributed by atoms with Crippen molar-refractivity contribution in [1.82, 2.24) is 0 Å². The molecule has 0 aromatic heterocycles. The predicted molar refractivity (Wildman–Crippen MR) is 75.1 cm³/mol. The number of unbranched alkanes of at least 4 members (excludes halogenated alkanes) is 1. The van der Waals surface area contributed by atoms with Crippen molar-refractivity contribution >= 4 is 11.7 Å². The lowest BCUT2D eigenvalue weighted by atomic mass is 10.1. The van der Waals surface area contributed by atoms with E-state index in [1.54, 1.807) is 6.07 Å². The number of hydrogen-bond acceptors (Lipinski definition) is 3. The first kappa shape index (κ1) is 14.6. The first-order valence-electron chi connectivity index (χ1n) is 6.54. The summed E-state index contributed by atoms with van der Waals surface area (Å²) in [6, 6.07) is 6.10. The van der Waals surface area contributed by atoms with Gasteiger partial charge in [-0.25, -0.2) is 4.79 Å². The molecule has 1 aromatic rings. The summed E-state index contributed by atoms with van der Waals surface area (Å²) >= 11 is 0. The zero-order valence-corrected chi connectivity index (χ0v) is 11.7. The van der Waals surface area contributed by atoms with Crippen molar-refractivity contribution in [2.24, 2.45) is 0 Å². The van der Waals surface area contributed by atoms with E-state index in [1.165, 1.54) is 20.0 Å². The lowest BCUT2D eigenvalue weighted by molar-refractivity contribution is 0.0600. The third-order valence-corrected chi connectivity index (χ3v) is 3.13. The van der Waals surface area contributed by atoms with Crippen LogP contribution in [-0.2, 0) is 4.74 Å². The second-order valence-corrected chi connectivity index (χ2v) is 4.66. The Labute approximate surface area is 110 Å². The first-order chi connectivity index (χ1) is 8.60. The minimum absolute atomic E-state index is 0.280. The Kier molecular flexibility index (Phi) is 5.69. The molecule has 0 bridgehead atoms. The molecule has 0 aliphatic rings. The molecule has 3 heteroatoms. The van der Waals surface area contributed by atoms with Crippen molar-refractivity contribution in [2.45, 2.75) is 46.1 Å². The SMILES string of the molecule is CCCCC(C)Nc1cccc(C(=O)OC)c1C. The van der Waals surface area contributed by atoms with Gasteiger partial charge >= 0.3 is 5.97 Å². The molecule has 0 radical (unpaired) electrons. The summed E-state index contributed by atoms with van der Waals surface area (Å²) in [4.78, 5) is 11.6. The van der Waals surface area contributed by atoms with Crippen LogP contribution in [0.1, 0.15) is 49.0 Å². The van der Waals surface area contributed by atoms with Crippen LogP contribution < -0.4 is 5.32 Å². The molecule has 1 N–H and O–H groups in total. The minimum Gasteiger partial charge on any atom is -0.465 e. The third-order valence-electron chi connectivity index (χ3n) is 3.13. The van der Waals surface area contributed by atoms with Crippen LogP contribution in [0.3, 0.4) is 0 Å². The lowest BCUT2D eigenvalue weighted by Crippen LogP contribution is -2.16. The highest BCUT2D eigenvalue weighted by atomic mass is 16.5. The maximum atomic E-state index is 11.6. The Morgan fingerprint density at radius 3 is 2.78 bits per heavy atom. The highest BCUT2D eigenvalue weighted by Gasteiger charge is 2.12. The second kappa shape index (κ2) is 7.04. The molecule has 1 rings (SSSR count). The van der Waals surface area contributed by atoms with Gasteiger partial charge in [-0.05, 0) is 38.0 Å². The molecule has 0 spiro atoms. The third kappa shape index (κ3) is 3.76. The number of hydrogen-bond donors (Lipinski definition) is 1. The normalized spacial score (nSPS) is 12.0. The van der Waals surface area contributed by atoms with Crippen LogP contribution in [0.4, 0.5) is 5.69 Å². The van der Waals surface area contributed by atoms with Gasteiger partial charge < -0.3 is 10.1 Å². The molecule has 0 aliphatic carbocycles. The smallest absolute Gasteiger partial charge is 0.338 e. The molecule has 0 heterocycles. The van der Waals surface area contributed by atoms with Gasteiger partial charge in [0.15, 0.2) is 0 Å². The van der Waals surface area contributed by atoms with Gasteiger partial charge in [-0.3, -0.25) is 0 Å². The van der Waals surface area contributed by atoms with Gasteiger partial charge in [0.25, 0.3) is 0 Å². The number of methoxy groups -OCH3 is 1. The largest absolute Gasteiger partial charge is 0.465 e. The number of carbonyl (C=O) groups excluding carboxylic acids is 1. The number of anilines is 1. The standard InChI is InChI=1S/C15H23NO2/c1-5-6-8-11(2)16-14-10-7-9-13(12(14)3)15(17)18-4/h7,9-11,16H,5-6,8H2,1-4H3. The van der Waals surface area contributed by atoms with Gasteiger partial charge in [0.05, 0.1) is 12.7 Å². The van der Waals surface area contributed by atoms with Gasteiger partial charge in [0.2, 0.25) is 0 Å². The van der Waals surface area contributed by atoms with Crippen LogP contribution in [0.5, 0.6) is 0 Å². The summed E-state index contributed by atoms with van der Waals surface area (Å²) in [7, 11) is 1.41. The van der Waals surface area contributed by atoms with Crippen molar-refractivity contribution in [3.05, 3.63) is 29.3 Å². The van der Waals surface area contributed by atoms with Gasteiger partial charge in [0, 0.05) is 11.7 Å². The average molecular weight is 249 g/mol. The zero-order valence-electron chi connectivity index (χ0n) is 11.7. The second-order valence-electron chi connectivity index (χ2n) is 4.66. The van der Waals surface area contributed by atoms with Gasteiger partial charge in [-0.2, -0.15) is 0 Å². The quantitative estimate of drug-likeness (QED) is 0.780. The maximum Gasteiger partial charge on any atom is 0.338 e. The average Bonchev–Trinajstić information content (AvgIpc) is 2.38. The molecule has 0 saturated heterocycles.